The predicted octanol–water partition coefficient (Wildman–Crippen LogP) is 4.31. The Bertz CT molecular complexity index is 1570. The molecule has 1 aliphatic carbocycles. The lowest BCUT2D eigenvalue weighted by Gasteiger charge is -2.28. The molecular weight excluding hydrogens is 564 g/mol. The molecule has 0 radical (unpaired) electrons. The molecule has 1 aliphatic heterocycles. The summed E-state index contributed by atoms with van der Waals surface area (Å²) in [7, 11) is 0. The fourth-order valence-corrected chi connectivity index (χ4v) is 6.73. The number of hydrogen-bond acceptors (Lipinski definition) is 5. The molecular formula is C37H40N4O4. The van der Waals surface area contributed by atoms with Crippen LogP contribution >= 0.6 is 0 Å². The number of benzene rings is 3. The lowest BCUT2D eigenvalue weighted by Crippen LogP contribution is -2.44. The van der Waals surface area contributed by atoms with E-state index in [0.717, 1.165) is 27.8 Å². The van der Waals surface area contributed by atoms with E-state index in [1.54, 1.807) is 17.3 Å². The number of rotatable bonds is 12. The number of pyridine rings is 1. The van der Waals surface area contributed by atoms with Crippen molar-refractivity contribution in [2.24, 2.45) is 5.92 Å². The van der Waals surface area contributed by atoms with Gasteiger partial charge in [0.25, 0.3) is 0 Å². The second-order valence-electron chi connectivity index (χ2n) is 12.3. The van der Waals surface area contributed by atoms with Gasteiger partial charge in [-0.3, -0.25) is 9.78 Å². The van der Waals surface area contributed by atoms with E-state index < -0.39 is 24.2 Å². The Kier molecular flexibility index (Phi) is 9.52. The van der Waals surface area contributed by atoms with E-state index in [4.69, 9.17) is 0 Å². The lowest BCUT2D eigenvalue weighted by molar-refractivity contribution is -0.127. The Morgan fingerprint density at radius 3 is 2.33 bits per heavy atom. The van der Waals surface area contributed by atoms with Gasteiger partial charge in [0.05, 0.1) is 24.3 Å². The summed E-state index contributed by atoms with van der Waals surface area (Å²) in [5.41, 5.74) is 5.01. The zero-order chi connectivity index (χ0) is 31.2. The summed E-state index contributed by atoms with van der Waals surface area (Å²) < 4.78 is 0. The third kappa shape index (κ3) is 7.41. The predicted molar refractivity (Wildman–Crippen MR) is 172 cm³/mol. The molecule has 6 rings (SSSR count). The van der Waals surface area contributed by atoms with Crippen LogP contribution in [0.1, 0.15) is 40.3 Å². The molecule has 5 atom stereocenters. The fourth-order valence-electron chi connectivity index (χ4n) is 6.73. The average molecular weight is 605 g/mol. The standard InChI is InChI=1S/C37H40N4O4/c42-32(25-41-31(19-27-12-5-2-6-13-27)24-40(37(41)45)23-28-14-9-17-38-22-28)20-30(18-26-10-3-1-4-11-26)36(44)39-35-33-16-8-7-15-29(33)21-34(35)43/h1-17,22,30-32,34-35,42-43H,18-21,23-25H2,(H,39,44)/t30-,31+,32+,34-,35+/m1/s1. The largest absolute Gasteiger partial charge is 0.391 e. The second kappa shape index (κ2) is 14.1. The number of aliphatic hydroxyl groups is 2. The van der Waals surface area contributed by atoms with Gasteiger partial charge < -0.3 is 25.3 Å². The smallest absolute Gasteiger partial charge is 0.320 e. The van der Waals surface area contributed by atoms with E-state index in [1.807, 2.05) is 89.8 Å². The first-order valence-electron chi connectivity index (χ1n) is 15.7. The SMILES string of the molecule is O=C(N[C@H]1c2ccccc2C[C@H]1O)[C@H](Cc1ccccc1)C[C@H](O)CN1C(=O)N(Cc2cccnc2)C[C@@H]1Cc1ccccc1. The van der Waals surface area contributed by atoms with Gasteiger partial charge in [-0.05, 0) is 53.1 Å². The molecule has 1 saturated heterocycles. The summed E-state index contributed by atoms with van der Waals surface area (Å²) >= 11 is 0. The molecule has 8 nitrogen and oxygen atoms in total. The van der Waals surface area contributed by atoms with E-state index in [-0.39, 0.29) is 30.9 Å². The van der Waals surface area contributed by atoms with Crippen molar-refractivity contribution in [3.8, 4) is 0 Å². The Morgan fingerprint density at radius 1 is 0.911 bits per heavy atom. The first-order chi connectivity index (χ1) is 21.9. The molecule has 1 fully saturated rings. The number of aliphatic hydroxyl groups excluding tert-OH is 2. The molecule has 3 amide bonds. The van der Waals surface area contributed by atoms with Crippen LogP contribution in [0, 0.1) is 5.92 Å². The highest BCUT2D eigenvalue weighted by atomic mass is 16.3. The molecule has 4 aromatic rings. The molecule has 2 aliphatic rings. The molecule has 0 spiro atoms. The maximum atomic E-state index is 13.8. The number of nitrogens with one attached hydrogen (secondary N) is 1. The molecule has 45 heavy (non-hydrogen) atoms. The lowest BCUT2D eigenvalue weighted by atomic mass is 9.91. The average Bonchev–Trinajstić information content (AvgIpc) is 3.52. The zero-order valence-electron chi connectivity index (χ0n) is 25.3. The number of carbonyl (C=O) groups excluding carboxylic acids is 2. The van der Waals surface area contributed by atoms with E-state index in [2.05, 4.69) is 22.4 Å². The molecule has 0 unspecified atom stereocenters. The maximum absolute atomic E-state index is 13.8. The number of hydrogen-bond donors (Lipinski definition) is 3. The van der Waals surface area contributed by atoms with E-state index in [0.29, 0.717) is 32.4 Å². The zero-order valence-corrected chi connectivity index (χ0v) is 25.3. The van der Waals surface area contributed by atoms with Crippen molar-refractivity contribution in [1.82, 2.24) is 20.1 Å². The Hall–Kier alpha value is -4.53. The highest BCUT2D eigenvalue weighted by Gasteiger charge is 2.39. The summed E-state index contributed by atoms with van der Waals surface area (Å²) in [6, 6.07) is 30.7. The van der Waals surface area contributed by atoms with Crippen LogP contribution in [0.2, 0.25) is 0 Å². The maximum Gasteiger partial charge on any atom is 0.320 e. The topological polar surface area (TPSA) is 106 Å². The third-order valence-corrected chi connectivity index (χ3v) is 8.96. The van der Waals surface area contributed by atoms with Gasteiger partial charge in [0.1, 0.15) is 0 Å². The minimum Gasteiger partial charge on any atom is -0.391 e. The third-order valence-electron chi connectivity index (χ3n) is 8.96. The van der Waals surface area contributed by atoms with Crippen molar-refractivity contribution in [2.45, 2.75) is 56.5 Å². The normalized spacial score (nSPS) is 20.6. The summed E-state index contributed by atoms with van der Waals surface area (Å²) in [4.78, 5) is 35.4. The van der Waals surface area contributed by atoms with Crippen molar-refractivity contribution in [2.75, 3.05) is 13.1 Å². The summed E-state index contributed by atoms with van der Waals surface area (Å²) in [5.74, 6) is -0.774. The van der Waals surface area contributed by atoms with Crippen LogP contribution in [-0.2, 0) is 30.6 Å². The molecule has 8 heteroatoms. The van der Waals surface area contributed by atoms with Gasteiger partial charge in [0.2, 0.25) is 5.91 Å². The minimum atomic E-state index is -0.925. The van der Waals surface area contributed by atoms with Gasteiger partial charge in [0, 0.05) is 44.4 Å². The highest BCUT2D eigenvalue weighted by molar-refractivity contribution is 5.80. The first kappa shape index (κ1) is 30.5. The van der Waals surface area contributed by atoms with Crippen LogP contribution in [0.15, 0.2) is 109 Å². The first-order valence-corrected chi connectivity index (χ1v) is 15.7. The van der Waals surface area contributed by atoms with Crippen molar-refractivity contribution >= 4 is 11.9 Å². The van der Waals surface area contributed by atoms with Crippen molar-refractivity contribution in [1.29, 1.82) is 0 Å². The molecule has 0 bridgehead atoms. The minimum absolute atomic E-state index is 0.118. The number of β-amino-alcohol motifs (C(OH)–C–C–N with tert-alkyl or cyclic N) is 1. The quantitative estimate of drug-likeness (QED) is 0.224. The van der Waals surface area contributed by atoms with Crippen LogP contribution in [0.5, 0.6) is 0 Å². The van der Waals surface area contributed by atoms with Crippen LogP contribution in [0.4, 0.5) is 4.79 Å². The Labute approximate surface area is 264 Å². The molecule has 3 N–H and O–H groups in total. The van der Waals surface area contributed by atoms with Crippen LogP contribution in [0.25, 0.3) is 0 Å². The van der Waals surface area contributed by atoms with Gasteiger partial charge in [-0.15, -0.1) is 0 Å². The number of nitrogens with zero attached hydrogens (tertiary/aromatic N) is 3. The molecule has 232 valence electrons. The number of fused-ring (bicyclic) bond motifs is 1. The van der Waals surface area contributed by atoms with Crippen molar-refractivity contribution in [3.63, 3.8) is 0 Å². The molecule has 3 aromatic carbocycles. The van der Waals surface area contributed by atoms with Crippen molar-refractivity contribution in [3.05, 3.63) is 137 Å². The van der Waals surface area contributed by atoms with Gasteiger partial charge >= 0.3 is 6.03 Å². The molecule has 1 aromatic heterocycles. The van der Waals surface area contributed by atoms with Gasteiger partial charge in [-0.25, -0.2) is 4.79 Å². The van der Waals surface area contributed by atoms with E-state index in [1.165, 1.54) is 0 Å². The molecule has 2 heterocycles. The van der Waals surface area contributed by atoms with Gasteiger partial charge in [0.15, 0.2) is 0 Å². The summed E-state index contributed by atoms with van der Waals surface area (Å²) in [6.45, 7) is 1.09. The van der Waals surface area contributed by atoms with E-state index in [9.17, 15) is 19.8 Å². The monoisotopic (exact) mass is 604 g/mol. The van der Waals surface area contributed by atoms with Crippen LogP contribution in [-0.4, -0.2) is 68.3 Å². The fraction of sp³-hybridized carbons (Fsp3) is 0.324. The Balaban J connectivity index is 1.18. The number of urea groups is 1. The summed E-state index contributed by atoms with van der Waals surface area (Å²) in [5, 5.41) is 25.4. The number of amides is 3. The van der Waals surface area contributed by atoms with Gasteiger partial charge in [-0.2, -0.15) is 0 Å². The van der Waals surface area contributed by atoms with Crippen molar-refractivity contribution < 1.29 is 19.8 Å². The van der Waals surface area contributed by atoms with Crippen LogP contribution < -0.4 is 5.32 Å². The number of carbonyl (C=O) groups is 2. The molecule has 0 saturated carbocycles. The van der Waals surface area contributed by atoms with Crippen LogP contribution in [0.3, 0.4) is 0 Å². The highest BCUT2D eigenvalue weighted by Crippen LogP contribution is 2.32. The summed E-state index contributed by atoms with van der Waals surface area (Å²) in [6.07, 6.45) is 3.61. The Morgan fingerprint density at radius 2 is 1.60 bits per heavy atom. The number of aromatic nitrogens is 1. The second-order valence-corrected chi connectivity index (χ2v) is 12.3. The van der Waals surface area contributed by atoms with E-state index >= 15 is 0 Å². The van der Waals surface area contributed by atoms with Gasteiger partial charge in [-0.1, -0.05) is 91.0 Å².